The van der Waals surface area contributed by atoms with Crippen molar-refractivity contribution in [2.75, 3.05) is 0 Å². The van der Waals surface area contributed by atoms with E-state index in [1.54, 1.807) is 23.3 Å². The Hall–Kier alpha value is -2.70. The second-order valence-electron chi connectivity index (χ2n) is 5.74. The summed E-state index contributed by atoms with van der Waals surface area (Å²) in [6, 6.07) is 3.53. The third-order valence-corrected chi connectivity index (χ3v) is 4.15. The quantitative estimate of drug-likeness (QED) is 0.884. The number of nitrogens with zero attached hydrogens (tertiary/aromatic N) is 3. The van der Waals surface area contributed by atoms with Gasteiger partial charge in [0, 0.05) is 30.9 Å². The molecule has 1 aliphatic rings. The van der Waals surface area contributed by atoms with Crippen molar-refractivity contribution < 1.29 is 9.59 Å². The summed E-state index contributed by atoms with van der Waals surface area (Å²) in [5.74, 6) is -0.138. The molecule has 3 heterocycles. The Morgan fingerprint density at radius 3 is 2.83 bits per heavy atom. The molecular formula is C16H19N5O2. The molecule has 0 saturated carbocycles. The van der Waals surface area contributed by atoms with Crippen LogP contribution >= 0.6 is 0 Å². The zero-order valence-electron chi connectivity index (χ0n) is 13.1. The van der Waals surface area contributed by atoms with Crippen LogP contribution in [0.3, 0.4) is 0 Å². The van der Waals surface area contributed by atoms with E-state index < -0.39 is 0 Å². The highest BCUT2D eigenvalue weighted by molar-refractivity contribution is 5.95. The highest BCUT2D eigenvalue weighted by Crippen LogP contribution is 2.15. The Bertz CT molecular complexity index is 725. The molecule has 0 aliphatic carbocycles. The molecule has 2 N–H and O–H groups in total. The molecule has 3 rings (SSSR count). The van der Waals surface area contributed by atoms with Gasteiger partial charge in [0.25, 0.3) is 5.91 Å². The maximum atomic E-state index is 12.5. The number of piperidine rings is 1. The molecule has 7 heteroatoms. The van der Waals surface area contributed by atoms with E-state index in [4.69, 9.17) is 0 Å². The molecule has 23 heavy (non-hydrogen) atoms. The van der Waals surface area contributed by atoms with Gasteiger partial charge < -0.3 is 10.6 Å². The van der Waals surface area contributed by atoms with Crippen LogP contribution in [0.15, 0.2) is 30.7 Å². The van der Waals surface area contributed by atoms with Gasteiger partial charge in [0.05, 0.1) is 23.1 Å². The van der Waals surface area contributed by atoms with Crippen LogP contribution in [-0.2, 0) is 4.79 Å². The largest absolute Gasteiger partial charge is 0.352 e. The maximum absolute atomic E-state index is 12.5. The molecule has 0 spiro atoms. The molecule has 2 atom stereocenters. The Morgan fingerprint density at radius 2 is 2.13 bits per heavy atom. The normalized spacial score (nSPS) is 20.9. The number of hydrogen-bond donors (Lipinski definition) is 2. The van der Waals surface area contributed by atoms with E-state index in [9.17, 15) is 9.59 Å². The van der Waals surface area contributed by atoms with Gasteiger partial charge in [0.15, 0.2) is 0 Å². The molecule has 120 valence electrons. The van der Waals surface area contributed by atoms with Crippen molar-refractivity contribution in [3.63, 3.8) is 0 Å². The summed E-state index contributed by atoms with van der Waals surface area (Å²) in [4.78, 5) is 27.8. The first-order valence-electron chi connectivity index (χ1n) is 7.61. The summed E-state index contributed by atoms with van der Waals surface area (Å²) in [7, 11) is 0. The minimum Gasteiger partial charge on any atom is -0.352 e. The van der Waals surface area contributed by atoms with E-state index in [1.165, 1.54) is 0 Å². The summed E-state index contributed by atoms with van der Waals surface area (Å²) in [5.41, 5.74) is 2.15. The van der Waals surface area contributed by atoms with Crippen LogP contribution in [0.2, 0.25) is 0 Å². The van der Waals surface area contributed by atoms with Gasteiger partial charge in [0.1, 0.15) is 0 Å². The number of amides is 2. The van der Waals surface area contributed by atoms with E-state index in [0.29, 0.717) is 18.4 Å². The maximum Gasteiger partial charge on any atom is 0.255 e. The molecule has 2 unspecified atom stereocenters. The van der Waals surface area contributed by atoms with Crippen molar-refractivity contribution in [2.24, 2.45) is 0 Å². The van der Waals surface area contributed by atoms with E-state index in [-0.39, 0.29) is 23.9 Å². The topological polar surface area (TPSA) is 88.9 Å². The van der Waals surface area contributed by atoms with Gasteiger partial charge in [-0.05, 0) is 32.4 Å². The van der Waals surface area contributed by atoms with E-state index in [1.807, 2.05) is 26.0 Å². The van der Waals surface area contributed by atoms with E-state index in [0.717, 1.165) is 11.4 Å². The zero-order valence-corrected chi connectivity index (χ0v) is 13.1. The monoisotopic (exact) mass is 313 g/mol. The molecule has 0 radical (unpaired) electrons. The number of hydrogen-bond acceptors (Lipinski definition) is 4. The first-order valence-corrected chi connectivity index (χ1v) is 7.61. The van der Waals surface area contributed by atoms with Gasteiger partial charge in [-0.2, -0.15) is 5.10 Å². The summed E-state index contributed by atoms with van der Waals surface area (Å²) in [6.45, 7) is 3.75. The fourth-order valence-electron chi connectivity index (χ4n) is 2.78. The van der Waals surface area contributed by atoms with Gasteiger partial charge in [-0.15, -0.1) is 0 Å². The van der Waals surface area contributed by atoms with Crippen LogP contribution < -0.4 is 10.6 Å². The van der Waals surface area contributed by atoms with Gasteiger partial charge in [0.2, 0.25) is 5.91 Å². The molecular weight excluding hydrogens is 294 g/mol. The Labute approximate surface area is 134 Å². The SMILES string of the molecule is Cc1c(C(=O)NC2CCC(=O)NC2C)cnn1-c1ccncc1. The van der Waals surface area contributed by atoms with Crippen LogP contribution in [0.25, 0.3) is 5.69 Å². The number of nitrogens with one attached hydrogen (secondary N) is 2. The lowest BCUT2D eigenvalue weighted by Gasteiger charge is -2.30. The summed E-state index contributed by atoms with van der Waals surface area (Å²) >= 11 is 0. The second-order valence-corrected chi connectivity index (χ2v) is 5.74. The molecule has 1 aliphatic heterocycles. The van der Waals surface area contributed by atoms with Crippen molar-refractivity contribution in [3.05, 3.63) is 42.0 Å². The van der Waals surface area contributed by atoms with Crippen molar-refractivity contribution in [2.45, 2.75) is 38.8 Å². The van der Waals surface area contributed by atoms with Crippen LogP contribution in [0.5, 0.6) is 0 Å². The van der Waals surface area contributed by atoms with Crippen LogP contribution in [0.1, 0.15) is 35.8 Å². The Balaban J connectivity index is 1.76. The third kappa shape index (κ3) is 3.08. The fourth-order valence-corrected chi connectivity index (χ4v) is 2.78. The van der Waals surface area contributed by atoms with Crippen LogP contribution in [0, 0.1) is 6.92 Å². The Kier molecular flexibility index (Phi) is 4.10. The third-order valence-electron chi connectivity index (χ3n) is 4.15. The smallest absolute Gasteiger partial charge is 0.255 e. The predicted octanol–water partition coefficient (Wildman–Crippen LogP) is 0.973. The van der Waals surface area contributed by atoms with Gasteiger partial charge in [-0.1, -0.05) is 0 Å². The molecule has 2 aromatic heterocycles. The number of pyridine rings is 1. The van der Waals surface area contributed by atoms with Crippen LogP contribution in [0.4, 0.5) is 0 Å². The minimum atomic E-state index is -0.171. The molecule has 2 amide bonds. The number of carbonyl (C=O) groups excluding carboxylic acids is 2. The molecule has 2 aromatic rings. The average molecular weight is 313 g/mol. The van der Waals surface area contributed by atoms with Crippen molar-refractivity contribution in [1.29, 1.82) is 0 Å². The lowest BCUT2D eigenvalue weighted by molar-refractivity contribution is -0.123. The van der Waals surface area contributed by atoms with E-state index >= 15 is 0 Å². The molecule has 1 fully saturated rings. The van der Waals surface area contributed by atoms with Crippen molar-refractivity contribution in [3.8, 4) is 5.69 Å². The zero-order chi connectivity index (χ0) is 16.4. The predicted molar refractivity (Wildman–Crippen MR) is 84.2 cm³/mol. The summed E-state index contributed by atoms with van der Waals surface area (Å²) < 4.78 is 1.71. The number of rotatable bonds is 3. The highest BCUT2D eigenvalue weighted by atomic mass is 16.2. The lowest BCUT2D eigenvalue weighted by atomic mass is 9.99. The average Bonchev–Trinajstić information content (AvgIpc) is 2.92. The first-order chi connectivity index (χ1) is 11.1. The Morgan fingerprint density at radius 1 is 1.39 bits per heavy atom. The number of carbonyl (C=O) groups is 2. The second kappa shape index (κ2) is 6.20. The summed E-state index contributed by atoms with van der Waals surface area (Å²) in [6.07, 6.45) is 6.02. The van der Waals surface area contributed by atoms with Gasteiger partial charge >= 0.3 is 0 Å². The summed E-state index contributed by atoms with van der Waals surface area (Å²) in [5, 5.41) is 10.1. The standard InChI is InChI=1S/C16H19N5O2/c1-10-14(3-4-15(22)19-10)20-16(23)13-9-18-21(11(13)2)12-5-7-17-8-6-12/h5-10,14H,3-4H2,1-2H3,(H,19,22)(H,20,23). The molecule has 0 aromatic carbocycles. The lowest BCUT2D eigenvalue weighted by Crippen LogP contribution is -2.54. The number of aromatic nitrogens is 3. The van der Waals surface area contributed by atoms with Gasteiger partial charge in [-0.25, -0.2) is 4.68 Å². The van der Waals surface area contributed by atoms with E-state index in [2.05, 4.69) is 20.7 Å². The fraction of sp³-hybridized carbons (Fsp3) is 0.375. The van der Waals surface area contributed by atoms with Gasteiger partial charge in [-0.3, -0.25) is 14.6 Å². The van der Waals surface area contributed by atoms with Crippen molar-refractivity contribution >= 4 is 11.8 Å². The van der Waals surface area contributed by atoms with Crippen LogP contribution in [-0.4, -0.2) is 38.7 Å². The molecule has 0 bridgehead atoms. The highest BCUT2D eigenvalue weighted by Gasteiger charge is 2.27. The minimum absolute atomic E-state index is 0.0321. The molecule has 7 nitrogen and oxygen atoms in total. The molecule has 1 saturated heterocycles. The first kappa shape index (κ1) is 15.2. The van der Waals surface area contributed by atoms with Crippen molar-refractivity contribution in [1.82, 2.24) is 25.4 Å².